The summed E-state index contributed by atoms with van der Waals surface area (Å²) < 4.78 is 0. The van der Waals surface area contributed by atoms with Gasteiger partial charge < -0.3 is 25.2 Å². The summed E-state index contributed by atoms with van der Waals surface area (Å²) in [6.07, 6.45) is -3.78. The summed E-state index contributed by atoms with van der Waals surface area (Å²) in [5, 5.41) is 35.5. The third-order valence-electron chi connectivity index (χ3n) is 1.68. The molecule has 0 fully saturated rings. The Morgan fingerprint density at radius 1 is 1.25 bits per heavy atom. The number of aliphatic hydroxyl groups excluding tert-OH is 4. The molecule has 0 radical (unpaired) electrons. The average Bonchev–Trinajstić information content (AvgIpc) is 2.12. The van der Waals surface area contributed by atoms with Crippen LogP contribution in [-0.2, 0) is 4.79 Å². The third kappa shape index (κ3) is 2.90. The first kappa shape index (κ1) is 11.6. The van der Waals surface area contributed by atoms with Crippen LogP contribution in [0.2, 0.25) is 5.82 Å². The van der Waals surface area contributed by atoms with E-state index in [-0.39, 0.29) is 0 Å². The highest BCUT2D eigenvalue weighted by atomic mass is 16.4. The Morgan fingerprint density at radius 3 is 2.08 bits per heavy atom. The van der Waals surface area contributed by atoms with Gasteiger partial charge in [0, 0.05) is 5.82 Å². The van der Waals surface area contributed by atoms with Crippen molar-refractivity contribution >= 4 is 14.1 Å². The number of rotatable bonds is 5. The van der Waals surface area contributed by atoms with E-state index in [9.17, 15) is 4.79 Å². The lowest BCUT2D eigenvalue weighted by atomic mass is 9.80. The second kappa shape index (κ2) is 5.26. The van der Waals surface area contributed by atoms with Crippen molar-refractivity contribution in [2.45, 2.75) is 24.1 Å². The minimum absolute atomic E-state index is 0.470. The third-order valence-corrected chi connectivity index (χ3v) is 1.68. The SMILES string of the molecule is B[C@H](C=O)[C@@H](O)[C@H](O)[C@H](O)CO. The predicted molar refractivity (Wildman–Crippen MR) is 43.5 cm³/mol. The van der Waals surface area contributed by atoms with Gasteiger partial charge in [-0.25, -0.2) is 0 Å². The molecule has 0 heterocycles. The van der Waals surface area contributed by atoms with E-state index in [2.05, 4.69) is 0 Å². The molecule has 4 N–H and O–H groups in total. The Morgan fingerprint density at radius 2 is 1.75 bits per heavy atom. The zero-order valence-corrected chi connectivity index (χ0v) is 6.79. The Hall–Kier alpha value is -0.425. The summed E-state index contributed by atoms with van der Waals surface area (Å²) in [4.78, 5) is 10.1. The van der Waals surface area contributed by atoms with Gasteiger partial charge in [0.2, 0.25) is 0 Å². The summed E-state index contributed by atoms with van der Waals surface area (Å²) in [5.41, 5.74) is 0. The van der Waals surface area contributed by atoms with Crippen LogP contribution in [0.1, 0.15) is 0 Å². The topological polar surface area (TPSA) is 98.0 Å². The smallest absolute Gasteiger partial charge is 0.118 e. The highest BCUT2D eigenvalue weighted by molar-refractivity contribution is 6.20. The van der Waals surface area contributed by atoms with Crippen molar-refractivity contribution in [2.24, 2.45) is 0 Å². The van der Waals surface area contributed by atoms with Crippen LogP contribution in [0.5, 0.6) is 0 Å². The molecule has 0 aromatic heterocycles. The van der Waals surface area contributed by atoms with Crippen LogP contribution in [0.25, 0.3) is 0 Å². The molecular formula is C6H13BO5. The molecule has 6 heteroatoms. The van der Waals surface area contributed by atoms with Gasteiger partial charge in [0.1, 0.15) is 26.3 Å². The molecule has 12 heavy (non-hydrogen) atoms. The predicted octanol–water partition coefficient (Wildman–Crippen LogP) is -3.32. The van der Waals surface area contributed by atoms with Crippen molar-refractivity contribution in [2.75, 3.05) is 6.61 Å². The Balaban J connectivity index is 4.07. The lowest BCUT2D eigenvalue weighted by Crippen LogP contribution is -2.42. The van der Waals surface area contributed by atoms with Gasteiger partial charge in [-0.2, -0.15) is 0 Å². The van der Waals surface area contributed by atoms with Crippen LogP contribution in [0.3, 0.4) is 0 Å². The van der Waals surface area contributed by atoms with Crippen LogP contribution in [0.4, 0.5) is 0 Å². The first-order chi connectivity index (χ1) is 5.54. The maximum absolute atomic E-state index is 10.1. The van der Waals surface area contributed by atoms with Crippen molar-refractivity contribution in [3.05, 3.63) is 0 Å². The number of hydrogen-bond donors (Lipinski definition) is 4. The van der Waals surface area contributed by atoms with Gasteiger partial charge >= 0.3 is 0 Å². The molecule has 0 saturated carbocycles. The molecule has 0 aliphatic carbocycles. The number of hydrogen-bond acceptors (Lipinski definition) is 5. The van der Waals surface area contributed by atoms with Gasteiger partial charge in [-0.3, -0.25) is 0 Å². The maximum atomic E-state index is 10.1. The molecule has 0 amide bonds. The average molecular weight is 176 g/mol. The van der Waals surface area contributed by atoms with E-state index >= 15 is 0 Å². The summed E-state index contributed by atoms with van der Waals surface area (Å²) in [5.74, 6) is -0.763. The summed E-state index contributed by atoms with van der Waals surface area (Å²) in [6, 6.07) is 0. The Labute approximate surface area is 71.1 Å². The molecule has 0 bridgehead atoms. The molecule has 0 saturated heterocycles. The molecule has 0 spiro atoms. The van der Waals surface area contributed by atoms with Crippen molar-refractivity contribution < 1.29 is 25.2 Å². The standard InChI is InChI=1S/C6H13BO5/c7-3(1-8)5(11)6(12)4(10)2-9/h1,3-6,9-12H,2,7H2/t3-,4-,5-,6-/m1/s1. The summed E-state index contributed by atoms with van der Waals surface area (Å²) in [6.45, 7) is -0.649. The molecule has 0 aromatic rings. The summed E-state index contributed by atoms with van der Waals surface area (Å²) >= 11 is 0. The normalized spacial score (nSPS) is 21.0. The van der Waals surface area contributed by atoms with Crippen LogP contribution in [0, 0.1) is 0 Å². The number of carbonyl (C=O) groups excluding carboxylic acids is 1. The molecule has 0 aliphatic heterocycles. The monoisotopic (exact) mass is 176 g/mol. The lowest BCUT2D eigenvalue weighted by Gasteiger charge is -2.23. The van der Waals surface area contributed by atoms with Crippen LogP contribution < -0.4 is 0 Å². The fourth-order valence-corrected chi connectivity index (χ4v) is 0.727. The Kier molecular flexibility index (Phi) is 5.07. The fourth-order valence-electron chi connectivity index (χ4n) is 0.727. The maximum Gasteiger partial charge on any atom is 0.118 e. The van der Waals surface area contributed by atoms with E-state index in [4.69, 9.17) is 20.4 Å². The quantitative estimate of drug-likeness (QED) is 0.259. The van der Waals surface area contributed by atoms with Crippen LogP contribution in [-0.4, -0.2) is 59.5 Å². The molecule has 70 valence electrons. The fraction of sp³-hybridized carbons (Fsp3) is 0.833. The minimum atomic E-state index is -1.49. The number of aliphatic hydroxyl groups is 4. The lowest BCUT2D eigenvalue weighted by molar-refractivity contribution is -0.115. The van der Waals surface area contributed by atoms with E-state index in [0.717, 1.165) is 0 Å². The van der Waals surface area contributed by atoms with Gasteiger partial charge in [0.05, 0.1) is 12.7 Å². The largest absolute Gasteiger partial charge is 0.394 e. The van der Waals surface area contributed by atoms with Crippen molar-refractivity contribution in [3.8, 4) is 0 Å². The Bertz CT molecular complexity index is 142. The molecule has 5 nitrogen and oxygen atoms in total. The zero-order valence-electron chi connectivity index (χ0n) is 6.79. The van der Waals surface area contributed by atoms with E-state index in [1.54, 1.807) is 0 Å². The molecule has 0 aliphatic rings. The van der Waals surface area contributed by atoms with Crippen LogP contribution >= 0.6 is 0 Å². The molecular weight excluding hydrogens is 163 g/mol. The van der Waals surface area contributed by atoms with Gasteiger partial charge in [0.15, 0.2) is 0 Å². The number of carbonyl (C=O) groups is 1. The van der Waals surface area contributed by atoms with E-state index in [1.807, 2.05) is 0 Å². The second-order valence-electron chi connectivity index (χ2n) is 2.73. The van der Waals surface area contributed by atoms with E-state index in [1.165, 1.54) is 7.85 Å². The highest BCUT2D eigenvalue weighted by Gasteiger charge is 2.27. The first-order valence-corrected chi connectivity index (χ1v) is 3.65. The molecule has 0 aromatic carbocycles. The second-order valence-corrected chi connectivity index (χ2v) is 2.73. The first-order valence-electron chi connectivity index (χ1n) is 3.65. The van der Waals surface area contributed by atoms with Crippen molar-refractivity contribution in [3.63, 3.8) is 0 Å². The van der Waals surface area contributed by atoms with Gasteiger partial charge in [-0.15, -0.1) is 0 Å². The minimum Gasteiger partial charge on any atom is -0.394 e. The molecule has 4 atom stereocenters. The molecule has 0 rings (SSSR count). The molecule has 0 unspecified atom stereocenters. The highest BCUT2D eigenvalue weighted by Crippen LogP contribution is 2.10. The van der Waals surface area contributed by atoms with E-state index in [0.29, 0.717) is 6.29 Å². The van der Waals surface area contributed by atoms with Crippen LogP contribution in [0.15, 0.2) is 0 Å². The van der Waals surface area contributed by atoms with E-state index < -0.39 is 30.7 Å². The van der Waals surface area contributed by atoms with Gasteiger partial charge in [-0.05, 0) is 0 Å². The zero-order chi connectivity index (χ0) is 9.72. The van der Waals surface area contributed by atoms with Gasteiger partial charge in [0.25, 0.3) is 0 Å². The van der Waals surface area contributed by atoms with Gasteiger partial charge in [-0.1, -0.05) is 0 Å². The van der Waals surface area contributed by atoms with Crippen molar-refractivity contribution in [1.29, 1.82) is 0 Å². The van der Waals surface area contributed by atoms with Crippen molar-refractivity contribution in [1.82, 2.24) is 0 Å². The number of aldehydes is 1. The summed E-state index contributed by atoms with van der Waals surface area (Å²) in [7, 11) is 1.41.